The van der Waals surface area contributed by atoms with Crippen molar-refractivity contribution in [1.82, 2.24) is 15.2 Å². The van der Waals surface area contributed by atoms with Crippen molar-refractivity contribution in [2.24, 2.45) is 0 Å². The Kier molecular flexibility index (Phi) is 4.58. The smallest absolute Gasteiger partial charge is 0.221 e. The van der Waals surface area contributed by atoms with E-state index in [2.05, 4.69) is 15.2 Å². The molecule has 2 aliphatic rings. The number of likely N-dealkylation sites (tertiary alicyclic amines) is 1. The molecule has 5 nitrogen and oxygen atoms in total. The number of hydrogen-bond acceptors (Lipinski definition) is 4. The molecule has 5 heteroatoms. The molecule has 1 aliphatic carbocycles. The molecular weight excluding hydrogens is 266 g/mol. The van der Waals surface area contributed by atoms with Crippen LogP contribution in [0.15, 0.2) is 10.6 Å². The number of nitrogens with zero attached hydrogens (tertiary/aromatic N) is 2. The fourth-order valence-electron chi connectivity index (χ4n) is 3.11. The molecule has 1 unspecified atom stereocenters. The average Bonchev–Trinajstić information content (AvgIpc) is 3.22. The van der Waals surface area contributed by atoms with Crippen LogP contribution < -0.4 is 5.32 Å². The lowest BCUT2D eigenvalue weighted by molar-refractivity contribution is -0.122. The normalized spacial score (nSPS) is 23.2. The van der Waals surface area contributed by atoms with E-state index >= 15 is 0 Å². The van der Waals surface area contributed by atoms with Crippen molar-refractivity contribution < 1.29 is 9.21 Å². The first-order valence-corrected chi connectivity index (χ1v) is 8.21. The van der Waals surface area contributed by atoms with E-state index in [1.54, 1.807) is 0 Å². The molecule has 1 atom stereocenters. The van der Waals surface area contributed by atoms with Gasteiger partial charge in [-0.05, 0) is 39.2 Å². The van der Waals surface area contributed by atoms with Crippen LogP contribution in [0.5, 0.6) is 0 Å². The summed E-state index contributed by atoms with van der Waals surface area (Å²) >= 11 is 0. The molecule has 1 saturated carbocycles. The van der Waals surface area contributed by atoms with Gasteiger partial charge in [0.05, 0.1) is 12.7 Å². The standard InChI is InChI=1S/C16H25N3O2/c1-2-17-15(20)9-13-5-3-4-8-19(13)11-16-18-10-14(21-16)12-6-7-12/h10,12-13H,2-9,11H2,1H3,(H,17,20). The van der Waals surface area contributed by atoms with Crippen molar-refractivity contribution >= 4 is 5.91 Å². The third kappa shape index (κ3) is 3.84. The van der Waals surface area contributed by atoms with Crippen molar-refractivity contribution in [3.8, 4) is 0 Å². The molecule has 1 aliphatic heterocycles. The van der Waals surface area contributed by atoms with E-state index in [0.29, 0.717) is 24.9 Å². The van der Waals surface area contributed by atoms with E-state index in [4.69, 9.17) is 4.42 Å². The Balaban J connectivity index is 1.58. The summed E-state index contributed by atoms with van der Waals surface area (Å²) in [5.74, 6) is 2.61. The number of hydrogen-bond donors (Lipinski definition) is 1. The summed E-state index contributed by atoms with van der Waals surface area (Å²) in [4.78, 5) is 18.6. The number of rotatable bonds is 6. The van der Waals surface area contributed by atoms with Gasteiger partial charge in [0.15, 0.2) is 0 Å². The van der Waals surface area contributed by atoms with Crippen molar-refractivity contribution in [3.63, 3.8) is 0 Å². The van der Waals surface area contributed by atoms with Crippen LogP contribution in [0.4, 0.5) is 0 Å². The Hall–Kier alpha value is -1.36. The Morgan fingerprint density at radius 1 is 1.43 bits per heavy atom. The Morgan fingerprint density at radius 2 is 2.29 bits per heavy atom. The second-order valence-electron chi connectivity index (χ2n) is 6.21. The number of aromatic nitrogens is 1. The van der Waals surface area contributed by atoms with Crippen LogP contribution in [0.25, 0.3) is 0 Å². The SMILES string of the molecule is CCNC(=O)CC1CCCCN1Cc1ncc(C2CC2)o1. The van der Waals surface area contributed by atoms with Crippen LogP contribution in [0, 0.1) is 0 Å². The molecule has 3 rings (SSSR count). The Morgan fingerprint density at radius 3 is 3.05 bits per heavy atom. The molecule has 1 aromatic rings. The minimum Gasteiger partial charge on any atom is -0.444 e. The highest BCUT2D eigenvalue weighted by Crippen LogP contribution is 2.40. The van der Waals surface area contributed by atoms with Gasteiger partial charge in [-0.15, -0.1) is 0 Å². The first-order chi connectivity index (χ1) is 10.3. The summed E-state index contributed by atoms with van der Waals surface area (Å²) in [5.41, 5.74) is 0. The van der Waals surface area contributed by atoms with Gasteiger partial charge in [0.2, 0.25) is 11.8 Å². The molecule has 0 spiro atoms. The summed E-state index contributed by atoms with van der Waals surface area (Å²) in [6, 6.07) is 0.321. The zero-order valence-electron chi connectivity index (χ0n) is 12.8. The first kappa shape index (κ1) is 14.6. The molecule has 1 N–H and O–H groups in total. The van der Waals surface area contributed by atoms with E-state index in [1.165, 1.54) is 25.7 Å². The van der Waals surface area contributed by atoms with E-state index in [0.717, 1.165) is 31.2 Å². The predicted molar refractivity (Wildman–Crippen MR) is 79.8 cm³/mol. The minimum absolute atomic E-state index is 0.153. The predicted octanol–water partition coefficient (Wildman–Crippen LogP) is 2.43. The second kappa shape index (κ2) is 6.60. The fourth-order valence-corrected chi connectivity index (χ4v) is 3.11. The van der Waals surface area contributed by atoms with E-state index in [-0.39, 0.29) is 5.91 Å². The number of nitrogens with one attached hydrogen (secondary N) is 1. The van der Waals surface area contributed by atoms with Gasteiger partial charge in [0.25, 0.3) is 0 Å². The Bertz CT molecular complexity index is 482. The van der Waals surface area contributed by atoms with Crippen LogP contribution >= 0.6 is 0 Å². The summed E-state index contributed by atoms with van der Waals surface area (Å²) in [7, 11) is 0. The van der Waals surface area contributed by atoms with Gasteiger partial charge in [-0.25, -0.2) is 4.98 Å². The number of carbonyl (C=O) groups excluding carboxylic acids is 1. The van der Waals surface area contributed by atoms with Gasteiger partial charge >= 0.3 is 0 Å². The van der Waals surface area contributed by atoms with Crippen LogP contribution in [0.2, 0.25) is 0 Å². The van der Waals surface area contributed by atoms with Gasteiger partial charge in [-0.3, -0.25) is 9.69 Å². The number of amides is 1. The lowest BCUT2D eigenvalue weighted by Crippen LogP contribution is -2.42. The highest BCUT2D eigenvalue weighted by atomic mass is 16.4. The van der Waals surface area contributed by atoms with Crippen molar-refractivity contribution in [3.05, 3.63) is 17.8 Å². The van der Waals surface area contributed by atoms with Gasteiger partial charge < -0.3 is 9.73 Å². The molecule has 0 bridgehead atoms. The number of carbonyl (C=O) groups is 1. The topological polar surface area (TPSA) is 58.4 Å². The molecule has 21 heavy (non-hydrogen) atoms. The Labute approximate surface area is 126 Å². The lowest BCUT2D eigenvalue weighted by atomic mass is 9.99. The number of piperidine rings is 1. The lowest BCUT2D eigenvalue weighted by Gasteiger charge is -2.34. The fraction of sp³-hybridized carbons (Fsp3) is 0.750. The summed E-state index contributed by atoms with van der Waals surface area (Å²) in [6.45, 7) is 4.43. The quantitative estimate of drug-likeness (QED) is 0.874. The van der Waals surface area contributed by atoms with Crippen LogP contribution in [-0.4, -0.2) is 34.9 Å². The van der Waals surface area contributed by atoms with Crippen LogP contribution in [0.3, 0.4) is 0 Å². The molecule has 1 amide bonds. The summed E-state index contributed by atoms with van der Waals surface area (Å²) < 4.78 is 5.86. The molecular formula is C16H25N3O2. The van der Waals surface area contributed by atoms with Crippen molar-refractivity contribution in [2.75, 3.05) is 13.1 Å². The average molecular weight is 291 g/mol. The van der Waals surface area contributed by atoms with E-state index < -0.39 is 0 Å². The van der Waals surface area contributed by atoms with Gasteiger partial charge in [-0.1, -0.05) is 6.42 Å². The van der Waals surface area contributed by atoms with Gasteiger partial charge in [0, 0.05) is 24.9 Å². The van der Waals surface area contributed by atoms with E-state index in [1.807, 2.05) is 13.1 Å². The minimum atomic E-state index is 0.153. The third-order valence-electron chi connectivity index (χ3n) is 4.43. The zero-order chi connectivity index (χ0) is 14.7. The summed E-state index contributed by atoms with van der Waals surface area (Å²) in [5, 5.41) is 2.90. The first-order valence-electron chi connectivity index (χ1n) is 8.21. The molecule has 0 aromatic carbocycles. The highest BCUT2D eigenvalue weighted by molar-refractivity contribution is 5.76. The molecule has 1 saturated heterocycles. The second-order valence-corrected chi connectivity index (χ2v) is 6.21. The summed E-state index contributed by atoms with van der Waals surface area (Å²) in [6.07, 6.45) is 8.44. The largest absolute Gasteiger partial charge is 0.444 e. The third-order valence-corrected chi connectivity index (χ3v) is 4.43. The van der Waals surface area contributed by atoms with Crippen molar-refractivity contribution in [2.45, 2.75) is 64.0 Å². The van der Waals surface area contributed by atoms with E-state index in [9.17, 15) is 4.79 Å². The van der Waals surface area contributed by atoms with Crippen LogP contribution in [0.1, 0.15) is 63.0 Å². The molecule has 1 aromatic heterocycles. The molecule has 116 valence electrons. The van der Waals surface area contributed by atoms with Crippen molar-refractivity contribution in [1.29, 1.82) is 0 Å². The maximum atomic E-state index is 11.8. The molecule has 0 radical (unpaired) electrons. The zero-order valence-corrected chi connectivity index (χ0v) is 12.8. The maximum absolute atomic E-state index is 11.8. The molecule has 2 fully saturated rings. The highest BCUT2D eigenvalue weighted by Gasteiger charge is 2.29. The van der Waals surface area contributed by atoms with Gasteiger partial charge in [-0.2, -0.15) is 0 Å². The van der Waals surface area contributed by atoms with Gasteiger partial charge in [0.1, 0.15) is 5.76 Å². The molecule has 2 heterocycles. The maximum Gasteiger partial charge on any atom is 0.221 e. The number of oxazole rings is 1. The monoisotopic (exact) mass is 291 g/mol. The van der Waals surface area contributed by atoms with Crippen LogP contribution in [-0.2, 0) is 11.3 Å².